The Morgan fingerprint density at radius 3 is 2.05 bits per heavy atom. The quantitative estimate of drug-likeness (QED) is 0.712. The number of hydrogen-bond acceptors (Lipinski definition) is 5. The maximum atomic E-state index is 11.9. The molecule has 0 heterocycles. The molecule has 6 heteroatoms. The molecule has 0 amide bonds. The number of carbonyl (C=O) groups is 1. The van der Waals surface area contributed by atoms with Crippen molar-refractivity contribution in [2.75, 3.05) is 0 Å². The molecule has 0 spiro atoms. The second kappa shape index (κ2) is 7.47. The van der Waals surface area contributed by atoms with E-state index in [2.05, 4.69) is 0 Å². The lowest BCUT2D eigenvalue weighted by atomic mass is 10.1. The summed E-state index contributed by atoms with van der Waals surface area (Å²) in [6.07, 6.45) is 0.196. The van der Waals surface area contributed by atoms with Crippen molar-refractivity contribution in [2.24, 2.45) is 5.73 Å². The van der Waals surface area contributed by atoms with Crippen LogP contribution in [0.2, 0.25) is 0 Å². The van der Waals surface area contributed by atoms with Gasteiger partial charge in [0.2, 0.25) is 0 Å². The summed E-state index contributed by atoms with van der Waals surface area (Å²) in [5.41, 5.74) is 6.36. The molecule has 0 bridgehead atoms. The summed E-state index contributed by atoms with van der Waals surface area (Å²) in [6, 6.07) is 18.2. The van der Waals surface area contributed by atoms with Gasteiger partial charge in [0.25, 0.3) is 0 Å². The van der Waals surface area contributed by atoms with Gasteiger partial charge in [-0.2, -0.15) is 0 Å². The third-order valence-electron chi connectivity index (χ3n) is 3.22. The summed E-state index contributed by atoms with van der Waals surface area (Å²) >= 11 is 0. The van der Waals surface area contributed by atoms with E-state index in [1.807, 2.05) is 48.5 Å². The van der Waals surface area contributed by atoms with Gasteiger partial charge in [0, 0.05) is 6.42 Å². The standard InChI is InChI=1S/C16H19NO4P/c17-15(11-13-7-3-1-4-8-13)22(19,20)16(18)21-12-14-9-5-2-6-10-14/h1-10,15,19-20H,11-12,17H2/q+1. The molecule has 0 aliphatic carbocycles. The summed E-state index contributed by atoms with van der Waals surface area (Å²) in [5.74, 6) is -1.07. The average Bonchev–Trinajstić information content (AvgIpc) is 2.54. The van der Waals surface area contributed by atoms with Crippen LogP contribution in [0.4, 0.5) is 4.79 Å². The Hall–Kier alpha value is -1.78. The van der Waals surface area contributed by atoms with Gasteiger partial charge in [0.1, 0.15) is 6.61 Å². The second-order valence-electron chi connectivity index (χ2n) is 4.95. The van der Waals surface area contributed by atoms with Crippen molar-refractivity contribution in [3.63, 3.8) is 0 Å². The molecular formula is C16H19NO4P+. The van der Waals surface area contributed by atoms with Gasteiger partial charge in [0.05, 0.1) is 0 Å². The molecule has 0 fully saturated rings. The maximum absolute atomic E-state index is 11.9. The highest BCUT2D eigenvalue weighted by molar-refractivity contribution is 7.81. The lowest BCUT2D eigenvalue weighted by molar-refractivity contribution is 0.159. The largest absolute Gasteiger partial charge is 0.513 e. The van der Waals surface area contributed by atoms with Gasteiger partial charge < -0.3 is 4.74 Å². The molecule has 4 N–H and O–H groups in total. The molecular weight excluding hydrogens is 301 g/mol. The maximum Gasteiger partial charge on any atom is 0.513 e. The highest BCUT2D eigenvalue weighted by Crippen LogP contribution is 2.55. The van der Waals surface area contributed by atoms with Gasteiger partial charge in [0.15, 0.2) is 5.78 Å². The zero-order valence-electron chi connectivity index (χ0n) is 12.0. The van der Waals surface area contributed by atoms with Gasteiger partial charge in [-0.25, -0.2) is 14.6 Å². The van der Waals surface area contributed by atoms with E-state index in [0.29, 0.717) is 0 Å². The fraction of sp³-hybridized carbons (Fsp3) is 0.188. The van der Waals surface area contributed by atoms with Crippen LogP contribution in [0.1, 0.15) is 11.1 Å². The SMILES string of the molecule is NC(Cc1ccccc1)[P+](O)(O)C(=O)OCc1ccccc1. The summed E-state index contributed by atoms with van der Waals surface area (Å²) in [5, 5.41) is 0. The fourth-order valence-corrected chi connectivity index (χ4v) is 2.92. The van der Waals surface area contributed by atoms with Crippen LogP contribution >= 0.6 is 7.72 Å². The molecule has 2 aromatic rings. The van der Waals surface area contributed by atoms with Crippen LogP contribution in [0.5, 0.6) is 0 Å². The van der Waals surface area contributed by atoms with Crippen LogP contribution in [0.15, 0.2) is 60.7 Å². The first-order valence-electron chi connectivity index (χ1n) is 6.85. The zero-order chi connectivity index (χ0) is 16.0. The van der Waals surface area contributed by atoms with Crippen LogP contribution in [0, 0.1) is 0 Å². The number of rotatable bonds is 6. The minimum Gasteiger partial charge on any atom is -0.427 e. The van der Waals surface area contributed by atoms with E-state index in [1.165, 1.54) is 0 Å². The topological polar surface area (TPSA) is 92.8 Å². The Balaban J connectivity index is 1.94. The Kier molecular flexibility index (Phi) is 5.63. The first-order valence-corrected chi connectivity index (χ1v) is 8.61. The van der Waals surface area contributed by atoms with Crippen molar-refractivity contribution in [1.29, 1.82) is 0 Å². The highest BCUT2D eigenvalue weighted by atomic mass is 31.2. The number of benzene rings is 2. The normalized spacial score (nSPS) is 12.7. The molecule has 2 rings (SSSR count). The van der Waals surface area contributed by atoms with E-state index in [9.17, 15) is 14.6 Å². The Morgan fingerprint density at radius 1 is 1.00 bits per heavy atom. The zero-order valence-corrected chi connectivity index (χ0v) is 12.9. The second-order valence-corrected chi connectivity index (χ2v) is 7.27. The third kappa shape index (κ3) is 4.36. The van der Waals surface area contributed by atoms with Crippen molar-refractivity contribution in [1.82, 2.24) is 0 Å². The number of hydrogen-bond donors (Lipinski definition) is 3. The van der Waals surface area contributed by atoms with Crippen LogP contribution in [-0.2, 0) is 17.8 Å². The first-order chi connectivity index (χ1) is 10.5. The fourth-order valence-electron chi connectivity index (χ4n) is 1.93. The first kappa shape index (κ1) is 16.6. The smallest absolute Gasteiger partial charge is 0.427 e. The predicted octanol–water partition coefficient (Wildman–Crippen LogP) is 2.68. The van der Waals surface area contributed by atoms with E-state index in [1.54, 1.807) is 12.1 Å². The molecule has 0 radical (unpaired) electrons. The summed E-state index contributed by atoms with van der Waals surface area (Å²) in [7, 11) is -4.01. The molecule has 0 saturated carbocycles. The van der Waals surface area contributed by atoms with Crippen molar-refractivity contribution in [3.05, 3.63) is 71.8 Å². The van der Waals surface area contributed by atoms with Crippen molar-refractivity contribution >= 4 is 13.4 Å². The molecule has 0 aliphatic rings. The van der Waals surface area contributed by atoms with E-state index < -0.39 is 19.2 Å². The van der Waals surface area contributed by atoms with Crippen LogP contribution < -0.4 is 5.73 Å². The lowest BCUT2D eigenvalue weighted by Crippen LogP contribution is -2.30. The van der Waals surface area contributed by atoms with Crippen molar-refractivity contribution in [2.45, 2.75) is 18.8 Å². The van der Waals surface area contributed by atoms with Gasteiger partial charge in [-0.05, 0) is 11.1 Å². The van der Waals surface area contributed by atoms with Crippen molar-refractivity contribution in [3.8, 4) is 0 Å². The number of ether oxygens (including phenoxy) is 1. The average molecular weight is 320 g/mol. The lowest BCUT2D eigenvalue weighted by Gasteiger charge is -2.17. The van der Waals surface area contributed by atoms with E-state index >= 15 is 0 Å². The third-order valence-corrected chi connectivity index (χ3v) is 5.00. The molecule has 0 saturated heterocycles. The Labute approximate surface area is 129 Å². The molecule has 22 heavy (non-hydrogen) atoms. The molecule has 0 aromatic heterocycles. The van der Waals surface area contributed by atoms with Gasteiger partial charge >= 0.3 is 13.4 Å². The molecule has 1 atom stereocenters. The van der Waals surface area contributed by atoms with E-state index in [4.69, 9.17) is 10.5 Å². The van der Waals surface area contributed by atoms with Gasteiger partial charge in [-0.3, -0.25) is 5.73 Å². The molecule has 0 aliphatic heterocycles. The highest BCUT2D eigenvalue weighted by Gasteiger charge is 2.53. The molecule has 1 unspecified atom stereocenters. The summed E-state index contributed by atoms with van der Waals surface area (Å²) < 4.78 is 4.98. The van der Waals surface area contributed by atoms with E-state index in [-0.39, 0.29) is 13.0 Å². The van der Waals surface area contributed by atoms with Gasteiger partial charge in [-0.1, -0.05) is 60.7 Å². The summed E-state index contributed by atoms with van der Waals surface area (Å²) in [6.45, 7) is -0.0133. The van der Waals surface area contributed by atoms with Crippen LogP contribution in [-0.4, -0.2) is 21.3 Å². The van der Waals surface area contributed by atoms with Crippen LogP contribution in [0.3, 0.4) is 0 Å². The van der Waals surface area contributed by atoms with Gasteiger partial charge in [-0.15, -0.1) is 0 Å². The minimum atomic E-state index is -4.01. The number of carbonyl (C=O) groups excluding carboxylic acids is 1. The summed E-state index contributed by atoms with van der Waals surface area (Å²) in [4.78, 5) is 32.0. The number of nitrogens with two attached hydrogens (primary N) is 1. The molecule has 2 aromatic carbocycles. The molecule has 116 valence electrons. The predicted molar refractivity (Wildman–Crippen MR) is 86.1 cm³/mol. The molecule has 5 nitrogen and oxygen atoms in total. The van der Waals surface area contributed by atoms with E-state index in [0.717, 1.165) is 11.1 Å². The van der Waals surface area contributed by atoms with Crippen molar-refractivity contribution < 1.29 is 19.3 Å². The Bertz CT molecular complexity index is 604. The minimum absolute atomic E-state index is 0.0133. The Morgan fingerprint density at radius 2 is 1.50 bits per heavy atom. The van der Waals surface area contributed by atoms with Crippen LogP contribution in [0.25, 0.3) is 0 Å². The monoisotopic (exact) mass is 320 g/mol.